The first-order valence-electron chi connectivity index (χ1n) is 7.00. The Morgan fingerprint density at radius 1 is 1.09 bits per heavy atom. The summed E-state index contributed by atoms with van der Waals surface area (Å²) in [5.74, 6) is 0.0402. The Kier molecular flexibility index (Phi) is 7.31. The first kappa shape index (κ1) is 17.9. The lowest BCUT2D eigenvalue weighted by Gasteiger charge is -2.11. The quantitative estimate of drug-likeness (QED) is 0.565. The molecule has 7 heteroatoms. The number of hydrazine groups is 1. The van der Waals surface area contributed by atoms with Crippen LogP contribution in [-0.4, -0.2) is 23.5 Å². The van der Waals surface area contributed by atoms with Crippen molar-refractivity contribution in [3.8, 4) is 5.75 Å². The maximum atomic E-state index is 11.6. The van der Waals surface area contributed by atoms with Gasteiger partial charge in [0.15, 0.2) is 11.7 Å². The molecule has 0 saturated carbocycles. The summed E-state index contributed by atoms with van der Waals surface area (Å²) < 4.78 is 5.40. The van der Waals surface area contributed by atoms with Crippen molar-refractivity contribution in [2.45, 2.75) is 33.6 Å². The molecule has 0 spiro atoms. The maximum absolute atomic E-state index is 11.6. The third kappa shape index (κ3) is 7.03. The molecule has 1 aromatic rings. The van der Waals surface area contributed by atoms with Crippen molar-refractivity contribution in [2.24, 2.45) is 0 Å². The zero-order chi connectivity index (χ0) is 16.5. The van der Waals surface area contributed by atoms with E-state index in [2.05, 4.69) is 16.2 Å². The minimum atomic E-state index is -0.397. The van der Waals surface area contributed by atoms with Crippen molar-refractivity contribution < 1.29 is 14.3 Å². The molecule has 0 heterocycles. The molecule has 22 heavy (non-hydrogen) atoms. The van der Waals surface area contributed by atoms with E-state index >= 15 is 0 Å². The lowest BCUT2D eigenvalue weighted by Crippen LogP contribution is -2.49. The molecule has 2 amide bonds. The maximum Gasteiger partial charge on any atom is 0.276 e. The topological polar surface area (TPSA) is 79.5 Å². The molecule has 0 radical (unpaired) electrons. The van der Waals surface area contributed by atoms with Crippen molar-refractivity contribution in [3.05, 3.63) is 29.3 Å². The molecular weight excluding hydrogens is 302 g/mol. The molecule has 6 nitrogen and oxygen atoms in total. The van der Waals surface area contributed by atoms with Crippen molar-refractivity contribution in [2.75, 3.05) is 6.61 Å². The van der Waals surface area contributed by atoms with Crippen molar-refractivity contribution in [1.82, 2.24) is 16.2 Å². The summed E-state index contributed by atoms with van der Waals surface area (Å²) in [5.41, 5.74) is 6.94. The molecule has 0 bridgehead atoms. The fourth-order valence-corrected chi connectivity index (χ4v) is 1.94. The zero-order valence-corrected chi connectivity index (χ0v) is 13.8. The van der Waals surface area contributed by atoms with Crippen molar-refractivity contribution >= 4 is 29.1 Å². The largest absolute Gasteiger partial charge is 0.484 e. The molecule has 1 rings (SSSR count). The van der Waals surface area contributed by atoms with Gasteiger partial charge in [-0.05, 0) is 55.7 Å². The Bertz CT molecular complexity index is 541. The predicted octanol–water partition coefficient (Wildman–Crippen LogP) is 1.50. The Labute approximate surface area is 135 Å². The van der Waals surface area contributed by atoms with Gasteiger partial charge in [0.1, 0.15) is 5.75 Å². The fourth-order valence-electron chi connectivity index (χ4n) is 1.78. The SMILES string of the molecule is CCCC(=O)NC(=S)NNC(=O)COc1cc(C)cc(C)c1. The summed E-state index contributed by atoms with van der Waals surface area (Å²) in [7, 11) is 0. The monoisotopic (exact) mass is 323 g/mol. The Hall–Kier alpha value is -2.15. The first-order valence-corrected chi connectivity index (χ1v) is 7.41. The highest BCUT2D eigenvalue weighted by atomic mass is 32.1. The van der Waals surface area contributed by atoms with Crippen LogP contribution in [0.3, 0.4) is 0 Å². The van der Waals surface area contributed by atoms with Crippen LogP contribution in [0.25, 0.3) is 0 Å². The number of hydrogen-bond donors (Lipinski definition) is 3. The van der Waals surface area contributed by atoms with Gasteiger partial charge < -0.3 is 10.1 Å². The van der Waals surface area contributed by atoms with E-state index in [1.54, 1.807) is 0 Å². The van der Waals surface area contributed by atoms with E-state index in [0.717, 1.165) is 17.5 Å². The number of carbonyl (C=O) groups excluding carboxylic acids is 2. The third-order valence-electron chi connectivity index (χ3n) is 2.61. The summed E-state index contributed by atoms with van der Waals surface area (Å²) in [6.07, 6.45) is 1.11. The van der Waals surface area contributed by atoms with Gasteiger partial charge in [0.2, 0.25) is 5.91 Å². The number of rotatable bonds is 5. The molecule has 0 aromatic heterocycles. The van der Waals surface area contributed by atoms with Gasteiger partial charge in [-0.2, -0.15) is 0 Å². The zero-order valence-electron chi connectivity index (χ0n) is 13.0. The van der Waals surface area contributed by atoms with Gasteiger partial charge >= 0.3 is 0 Å². The molecule has 0 fully saturated rings. The summed E-state index contributed by atoms with van der Waals surface area (Å²) in [6, 6.07) is 5.72. The number of thiocarbonyl (C=S) groups is 1. The van der Waals surface area contributed by atoms with Crippen LogP contribution in [0.4, 0.5) is 0 Å². The number of hydrogen-bond acceptors (Lipinski definition) is 4. The van der Waals surface area contributed by atoms with Gasteiger partial charge in [-0.25, -0.2) is 0 Å². The highest BCUT2D eigenvalue weighted by Crippen LogP contribution is 2.15. The molecule has 0 aliphatic carbocycles. The molecule has 0 aliphatic heterocycles. The molecule has 0 unspecified atom stereocenters. The first-order chi connectivity index (χ1) is 10.4. The number of ether oxygens (including phenoxy) is 1. The Balaban J connectivity index is 2.31. The normalized spacial score (nSPS) is 9.77. The lowest BCUT2D eigenvalue weighted by atomic mass is 10.1. The summed E-state index contributed by atoms with van der Waals surface area (Å²) >= 11 is 4.88. The summed E-state index contributed by atoms with van der Waals surface area (Å²) in [6.45, 7) is 5.65. The van der Waals surface area contributed by atoms with E-state index in [-0.39, 0.29) is 17.6 Å². The Morgan fingerprint density at radius 2 is 1.73 bits per heavy atom. The third-order valence-corrected chi connectivity index (χ3v) is 2.81. The average molecular weight is 323 g/mol. The molecular formula is C15H21N3O3S. The smallest absolute Gasteiger partial charge is 0.276 e. The van der Waals surface area contributed by atoms with Crippen LogP contribution in [0.5, 0.6) is 5.75 Å². The highest BCUT2D eigenvalue weighted by molar-refractivity contribution is 7.80. The van der Waals surface area contributed by atoms with E-state index in [9.17, 15) is 9.59 Å². The van der Waals surface area contributed by atoms with Crippen LogP contribution in [-0.2, 0) is 9.59 Å². The van der Waals surface area contributed by atoms with E-state index in [0.29, 0.717) is 12.2 Å². The second-order valence-electron chi connectivity index (χ2n) is 4.91. The van der Waals surface area contributed by atoms with E-state index < -0.39 is 5.91 Å². The van der Waals surface area contributed by atoms with Crippen molar-refractivity contribution in [3.63, 3.8) is 0 Å². The predicted molar refractivity (Wildman–Crippen MR) is 88.3 cm³/mol. The molecule has 0 saturated heterocycles. The second-order valence-corrected chi connectivity index (χ2v) is 5.32. The molecule has 0 atom stereocenters. The summed E-state index contributed by atoms with van der Waals surface area (Å²) in [5, 5.41) is 2.50. The number of carbonyl (C=O) groups is 2. The van der Waals surface area contributed by atoms with Gasteiger partial charge in [-0.3, -0.25) is 20.4 Å². The van der Waals surface area contributed by atoms with E-state index in [1.807, 2.05) is 39.0 Å². The molecule has 1 aromatic carbocycles. The Morgan fingerprint density at radius 3 is 2.32 bits per heavy atom. The minimum Gasteiger partial charge on any atom is -0.484 e. The van der Waals surface area contributed by atoms with Crippen LogP contribution in [0.15, 0.2) is 18.2 Å². The number of amides is 2. The van der Waals surface area contributed by atoms with Gasteiger partial charge in [0.25, 0.3) is 5.91 Å². The fraction of sp³-hybridized carbons (Fsp3) is 0.400. The molecule has 3 N–H and O–H groups in total. The van der Waals surface area contributed by atoms with Crippen LogP contribution in [0.2, 0.25) is 0 Å². The number of benzene rings is 1. The van der Waals surface area contributed by atoms with Crippen molar-refractivity contribution in [1.29, 1.82) is 0 Å². The second kappa shape index (κ2) is 8.99. The minimum absolute atomic E-state index is 0.0539. The van der Waals surface area contributed by atoms with Gasteiger partial charge in [0.05, 0.1) is 0 Å². The highest BCUT2D eigenvalue weighted by Gasteiger charge is 2.06. The van der Waals surface area contributed by atoms with Gasteiger partial charge in [-0.1, -0.05) is 13.0 Å². The van der Waals surface area contributed by atoms with Gasteiger partial charge in [0, 0.05) is 6.42 Å². The molecule has 0 aliphatic rings. The lowest BCUT2D eigenvalue weighted by molar-refractivity contribution is -0.124. The van der Waals surface area contributed by atoms with Crippen LogP contribution in [0, 0.1) is 13.8 Å². The van der Waals surface area contributed by atoms with E-state index in [4.69, 9.17) is 17.0 Å². The van der Waals surface area contributed by atoms with Crippen LogP contribution < -0.4 is 20.9 Å². The van der Waals surface area contributed by atoms with E-state index in [1.165, 1.54) is 0 Å². The summed E-state index contributed by atoms with van der Waals surface area (Å²) in [4.78, 5) is 22.9. The standard InChI is InChI=1S/C15H21N3O3S/c1-4-5-13(19)16-15(22)18-17-14(20)9-21-12-7-10(2)6-11(3)8-12/h6-8H,4-5,9H2,1-3H3,(H,17,20)(H2,16,18,19,22). The van der Waals surface area contributed by atoms with Gasteiger partial charge in [-0.15, -0.1) is 0 Å². The number of aryl methyl sites for hydroxylation is 2. The molecule has 120 valence electrons. The van der Waals surface area contributed by atoms with Crippen LogP contribution in [0.1, 0.15) is 30.9 Å². The average Bonchev–Trinajstić information content (AvgIpc) is 2.42. The number of nitrogens with one attached hydrogen (secondary N) is 3. The van der Waals surface area contributed by atoms with Crippen LogP contribution >= 0.6 is 12.2 Å².